The molecule has 0 N–H and O–H groups in total. The van der Waals surface area contributed by atoms with Crippen LogP contribution < -0.4 is 14.2 Å². The smallest absolute Gasteiger partial charge is 0.203 e. The number of rotatable bonds is 8. The Bertz CT molecular complexity index is 693. The van der Waals surface area contributed by atoms with Crippen LogP contribution in [0, 0.1) is 0 Å². The highest BCUT2D eigenvalue weighted by Crippen LogP contribution is 2.38. The van der Waals surface area contributed by atoms with Crippen molar-refractivity contribution in [1.82, 2.24) is 4.98 Å². The van der Waals surface area contributed by atoms with Gasteiger partial charge in [0.25, 0.3) is 0 Å². The molecule has 1 heterocycles. The van der Waals surface area contributed by atoms with Crippen LogP contribution in [-0.4, -0.2) is 32.1 Å². The molecule has 24 heavy (non-hydrogen) atoms. The maximum atomic E-state index is 12.2. The molecule has 0 aliphatic carbocycles. The van der Waals surface area contributed by atoms with E-state index in [2.05, 4.69) is 4.98 Å². The maximum absolute atomic E-state index is 12.2. The zero-order valence-corrected chi connectivity index (χ0v) is 14.7. The van der Waals surface area contributed by atoms with Gasteiger partial charge in [-0.3, -0.25) is 9.78 Å². The van der Waals surface area contributed by atoms with Crippen LogP contribution in [0.15, 0.2) is 30.6 Å². The summed E-state index contributed by atoms with van der Waals surface area (Å²) in [5.74, 6) is 1.81. The second-order valence-corrected chi connectivity index (χ2v) is 5.62. The van der Waals surface area contributed by atoms with E-state index in [0.29, 0.717) is 41.5 Å². The van der Waals surface area contributed by atoms with Gasteiger partial charge in [-0.1, -0.05) is 11.6 Å². The van der Waals surface area contributed by atoms with E-state index in [0.717, 1.165) is 11.1 Å². The quantitative estimate of drug-likeness (QED) is 0.730. The van der Waals surface area contributed by atoms with Gasteiger partial charge in [-0.25, -0.2) is 0 Å². The molecule has 1 aromatic heterocycles. The molecule has 0 aliphatic heterocycles. The summed E-state index contributed by atoms with van der Waals surface area (Å²) in [7, 11) is 4.69. The number of Topliss-reactive ketones (excluding diaryl/α,β-unsaturated/α-hetero) is 1. The first kappa shape index (κ1) is 18.1. The van der Waals surface area contributed by atoms with Crippen molar-refractivity contribution in [1.29, 1.82) is 0 Å². The summed E-state index contributed by atoms with van der Waals surface area (Å²) in [5.41, 5.74) is 1.74. The number of aromatic nitrogens is 1. The van der Waals surface area contributed by atoms with E-state index < -0.39 is 0 Å². The van der Waals surface area contributed by atoms with Crippen LogP contribution in [0.4, 0.5) is 0 Å². The molecule has 2 aromatic rings. The van der Waals surface area contributed by atoms with Crippen molar-refractivity contribution in [2.45, 2.75) is 19.3 Å². The van der Waals surface area contributed by atoms with Crippen LogP contribution in [0.5, 0.6) is 17.2 Å². The molecule has 0 fully saturated rings. The van der Waals surface area contributed by atoms with E-state index in [1.807, 2.05) is 12.1 Å². The van der Waals surface area contributed by atoms with Gasteiger partial charge < -0.3 is 14.2 Å². The Morgan fingerprint density at radius 2 is 1.79 bits per heavy atom. The van der Waals surface area contributed by atoms with Gasteiger partial charge in [0.05, 0.1) is 26.4 Å². The zero-order valence-electron chi connectivity index (χ0n) is 14.0. The number of ether oxygens (including phenoxy) is 3. The van der Waals surface area contributed by atoms with Crippen LogP contribution in [0.2, 0.25) is 5.02 Å². The fourth-order valence-electron chi connectivity index (χ4n) is 2.41. The summed E-state index contributed by atoms with van der Waals surface area (Å²) in [6.07, 6.45) is 4.46. The number of carbonyl (C=O) groups excluding carboxylic acids is 1. The van der Waals surface area contributed by atoms with Gasteiger partial charge in [-0.15, -0.1) is 0 Å². The van der Waals surface area contributed by atoms with Crippen molar-refractivity contribution >= 4 is 17.4 Å². The molecule has 0 atom stereocenters. The third-order valence-electron chi connectivity index (χ3n) is 3.66. The molecule has 128 valence electrons. The Morgan fingerprint density at radius 3 is 2.33 bits per heavy atom. The number of pyridine rings is 1. The van der Waals surface area contributed by atoms with E-state index in [1.165, 1.54) is 0 Å². The third kappa shape index (κ3) is 4.38. The summed E-state index contributed by atoms with van der Waals surface area (Å²) >= 11 is 6.04. The molecular formula is C18H20ClNO4. The topological polar surface area (TPSA) is 57.7 Å². The molecule has 5 nitrogen and oxygen atoms in total. The second-order valence-electron chi connectivity index (χ2n) is 5.22. The summed E-state index contributed by atoms with van der Waals surface area (Å²) < 4.78 is 15.9. The predicted molar refractivity (Wildman–Crippen MR) is 92.4 cm³/mol. The van der Waals surface area contributed by atoms with Crippen LogP contribution in [-0.2, 0) is 17.6 Å². The van der Waals surface area contributed by atoms with E-state index in [9.17, 15) is 4.79 Å². The number of carbonyl (C=O) groups is 1. The van der Waals surface area contributed by atoms with Crippen molar-refractivity contribution in [2.75, 3.05) is 21.3 Å². The Labute approximate surface area is 146 Å². The fourth-order valence-corrected chi connectivity index (χ4v) is 2.60. The largest absolute Gasteiger partial charge is 0.493 e. The number of hydrogen-bond acceptors (Lipinski definition) is 5. The monoisotopic (exact) mass is 349 g/mol. The van der Waals surface area contributed by atoms with Crippen molar-refractivity contribution < 1.29 is 19.0 Å². The number of methoxy groups -OCH3 is 3. The number of nitrogens with zero attached hydrogens (tertiary/aromatic N) is 1. The van der Waals surface area contributed by atoms with Crippen LogP contribution in [0.25, 0.3) is 0 Å². The first-order valence-electron chi connectivity index (χ1n) is 7.48. The zero-order chi connectivity index (χ0) is 17.5. The molecular weight excluding hydrogens is 330 g/mol. The molecule has 0 bridgehead atoms. The second kappa shape index (κ2) is 8.55. The molecule has 2 rings (SSSR count). The van der Waals surface area contributed by atoms with E-state index in [1.54, 1.807) is 39.8 Å². The van der Waals surface area contributed by atoms with Gasteiger partial charge in [0.15, 0.2) is 11.5 Å². The molecule has 1 aromatic carbocycles. The first-order valence-corrected chi connectivity index (χ1v) is 7.85. The number of benzene rings is 1. The Kier molecular flexibility index (Phi) is 6.44. The lowest BCUT2D eigenvalue weighted by atomic mass is 10.0. The lowest BCUT2D eigenvalue weighted by Crippen LogP contribution is -2.05. The summed E-state index contributed by atoms with van der Waals surface area (Å²) in [5, 5.41) is 0.513. The summed E-state index contributed by atoms with van der Waals surface area (Å²) in [4.78, 5) is 16.1. The fraction of sp³-hybridized carbons (Fsp3) is 0.333. The molecule has 0 saturated heterocycles. The summed E-state index contributed by atoms with van der Waals surface area (Å²) in [6, 6.07) is 5.47. The third-order valence-corrected chi connectivity index (χ3v) is 4.00. The van der Waals surface area contributed by atoms with Gasteiger partial charge in [-0.2, -0.15) is 0 Å². The first-order chi connectivity index (χ1) is 11.6. The lowest BCUT2D eigenvalue weighted by Gasteiger charge is -2.14. The number of halogens is 1. The lowest BCUT2D eigenvalue weighted by molar-refractivity contribution is -0.118. The van der Waals surface area contributed by atoms with Crippen LogP contribution in [0.3, 0.4) is 0 Å². The van der Waals surface area contributed by atoms with Crippen LogP contribution in [0.1, 0.15) is 17.5 Å². The normalized spacial score (nSPS) is 10.3. The molecule has 0 unspecified atom stereocenters. The molecule has 0 radical (unpaired) electrons. The molecule has 0 amide bonds. The number of ketones is 1. The minimum Gasteiger partial charge on any atom is -0.493 e. The number of hydrogen-bond donors (Lipinski definition) is 0. The van der Waals surface area contributed by atoms with Gasteiger partial charge in [0.2, 0.25) is 5.75 Å². The average molecular weight is 350 g/mol. The maximum Gasteiger partial charge on any atom is 0.203 e. The molecule has 0 saturated carbocycles. The van der Waals surface area contributed by atoms with Crippen molar-refractivity contribution in [2.24, 2.45) is 0 Å². The Hall–Kier alpha value is -2.27. The predicted octanol–water partition coefficient (Wildman–Crippen LogP) is 3.51. The van der Waals surface area contributed by atoms with Gasteiger partial charge >= 0.3 is 0 Å². The molecule has 0 aliphatic rings. The van der Waals surface area contributed by atoms with Gasteiger partial charge in [0, 0.05) is 25.2 Å². The molecule has 6 heteroatoms. The minimum absolute atomic E-state index is 0.108. The standard InChI is InChI=1S/C18H20ClNO4/c1-22-16-8-12(9-17(23-2)18(16)24-3)4-5-14(21)10-13-6-7-20-11-15(13)19/h6-9,11H,4-5,10H2,1-3H3. The Morgan fingerprint density at radius 1 is 1.12 bits per heavy atom. The molecule has 0 spiro atoms. The van der Waals surface area contributed by atoms with Crippen molar-refractivity contribution in [3.05, 3.63) is 46.7 Å². The number of aryl methyl sites for hydroxylation is 1. The van der Waals surface area contributed by atoms with Crippen molar-refractivity contribution in [3.8, 4) is 17.2 Å². The van der Waals surface area contributed by atoms with Crippen molar-refractivity contribution in [3.63, 3.8) is 0 Å². The summed E-state index contributed by atoms with van der Waals surface area (Å²) in [6.45, 7) is 0. The van der Waals surface area contributed by atoms with E-state index in [4.69, 9.17) is 25.8 Å². The highest BCUT2D eigenvalue weighted by atomic mass is 35.5. The van der Waals surface area contributed by atoms with E-state index >= 15 is 0 Å². The van der Waals surface area contributed by atoms with Gasteiger partial charge in [0.1, 0.15) is 5.78 Å². The SMILES string of the molecule is COc1cc(CCC(=O)Cc2ccncc2Cl)cc(OC)c1OC. The highest BCUT2D eigenvalue weighted by molar-refractivity contribution is 6.31. The minimum atomic E-state index is 0.108. The average Bonchev–Trinajstić information content (AvgIpc) is 2.60. The van der Waals surface area contributed by atoms with Gasteiger partial charge in [-0.05, 0) is 35.7 Å². The van der Waals surface area contributed by atoms with E-state index in [-0.39, 0.29) is 5.78 Å². The highest BCUT2D eigenvalue weighted by Gasteiger charge is 2.14. The Balaban J connectivity index is 2.06. The van der Waals surface area contributed by atoms with Crippen LogP contribution >= 0.6 is 11.6 Å².